The Hall–Kier alpha value is -3.25. The summed E-state index contributed by atoms with van der Waals surface area (Å²) in [7, 11) is 0. The summed E-state index contributed by atoms with van der Waals surface area (Å²) >= 11 is 0. The lowest BCUT2D eigenvalue weighted by Crippen LogP contribution is -2.36. The van der Waals surface area contributed by atoms with E-state index in [9.17, 15) is 14.0 Å². The molecule has 0 bridgehead atoms. The van der Waals surface area contributed by atoms with Gasteiger partial charge in [0.15, 0.2) is 5.78 Å². The monoisotopic (exact) mass is 449 g/mol. The van der Waals surface area contributed by atoms with E-state index in [0.29, 0.717) is 36.3 Å². The average molecular weight is 450 g/mol. The van der Waals surface area contributed by atoms with Gasteiger partial charge in [0.1, 0.15) is 12.4 Å². The Bertz CT molecular complexity index is 1110. The fourth-order valence-corrected chi connectivity index (χ4v) is 4.71. The number of hydrogen-bond acceptors (Lipinski definition) is 5. The molecule has 0 saturated carbocycles. The number of benzene rings is 2. The minimum atomic E-state index is -0.814. The van der Waals surface area contributed by atoms with Gasteiger partial charge in [-0.25, -0.2) is 9.18 Å². The Morgan fingerprint density at radius 1 is 1.06 bits per heavy atom. The average Bonchev–Trinajstić information content (AvgIpc) is 2.81. The second kappa shape index (κ2) is 10.1. The van der Waals surface area contributed by atoms with Crippen LogP contribution in [0.4, 0.5) is 4.39 Å². The van der Waals surface area contributed by atoms with Gasteiger partial charge in [0.2, 0.25) is 0 Å². The van der Waals surface area contributed by atoms with Gasteiger partial charge in [-0.2, -0.15) is 0 Å². The predicted molar refractivity (Wildman–Crippen MR) is 123 cm³/mol. The number of nitrogens with one attached hydrogen (secondary N) is 1. The lowest BCUT2D eigenvalue weighted by Gasteiger charge is -2.36. The molecule has 2 aromatic rings. The Balaban J connectivity index is 1.73. The Kier molecular flexibility index (Phi) is 7.04. The normalized spacial score (nSPS) is 20.4. The molecule has 0 unspecified atom stereocenters. The number of carbonyl (C=O) groups is 2. The van der Waals surface area contributed by atoms with Crippen LogP contribution in [0.3, 0.4) is 0 Å². The highest BCUT2D eigenvalue weighted by Gasteiger charge is 2.42. The topological polar surface area (TPSA) is 64.6 Å². The molecule has 0 amide bonds. The molecule has 2 atom stereocenters. The van der Waals surface area contributed by atoms with Crippen LogP contribution in [0.5, 0.6) is 0 Å². The third kappa shape index (κ3) is 4.76. The quantitative estimate of drug-likeness (QED) is 0.487. The minimum absolute atomic E-state index is 0.0266. The first-order chi connectivity index (χ1) is 16.0. The minimum Gasteiger partial charge on any atom is -0.460 e. The standard InChI is InChI=1S/C27H28FNO4/c1-3-32-13-14-33-27(31)24-17(2)29-22-15-19(18-9-5-4-6-10-18)16-23(30)26(22)25(24)20-11-7-8-12-21(20)28/h4-12,19,25,29H,3,13-16H2,1-2H3/t19-,25+/m1/s1. The Labute approximate surface area is 193 Å². The molecule has 172 valence electrons. The molecule has 5 nitrogen and oxygen atoms in total. The molecule has 1 N–H and O–H groups in total. The van der Waals surface area contributed by atoms with E-state index in [2.05, 4.69) is 5.32 Å². The lowest BCUT2D eigenvalue weighted by atomic mass is 9.71. The van der Waals surface area contributed by atoms with Crippen molar-refractivity contribution in [3.8, 4) is 0 Å². The molecule has 0 radical (unpaired) electrons. The van der Waals surface area contributed by atoms with Crippen molar-refractivity contribution in [2.75, 3.05) is 19.8 Å². The summed E-state index contributed by atoms with van der Waals surface area (Å²) in [6.07, 6.45) is 0.918. The molecule has 1 heterocycles. The number of hydrogen-bond donors (Lipinski definition) is 1. The summed E-state index contributed by atoms with van der Waals surface area (Å²) in [4.78, 5) is 26.6. The highest BCUT2D eigenvalue weighted by atomic mass is 19.1. The van der Waals surface area contributed by atoms with Crippen LogP contribution in [0.25, 0.3) is 0 Å². The molecule has 6 heteroatoms. The van der Waals surface area contributed by atoms with Gasteiger partial charge in [0, 0.05) is 35.6 Å². The number of allylic oxidation sites excluding steroid dienone is 3. The molecule has 1 aliphatic carbocycles. The molecule has 0 fully saturated rings. The smallest absolute Gasteiger partial charge is 0.336 e. The van der Waals surface area contributed by atoms with Gasteiger partial charge >= 0.3 is 5.97 Å². The number of esters is 1. The van der Waals surface area contributed by atoms with E-state index >= 15 is 0 Å². The molecule has 1 aliphatic heterocycles. The van der Waals surface area contributed by atoms with Crippen LogP contribution in [0.15, 0.2) is 77.1 Å². The highest BCUT2D eigenvalue weighted by molar-refractivity contribution is 6.04. The number of ketones is 1. The first-order valence-corrected chi connectivity index (χ1v) is 11.3. The van der Waals surface area contributed by atoms with E-state index in [4.69, 9.17) is 9.47 Å². The third-order valence-electron chi connectivity index (χ3n) is 6.20. The van der Waals surface area contributed by atoms with Gasteiger partial charge < -0.3 is 14.8 Å². The SMILES string of the molecule is CCOCCOC(=O)C1=C(C)NC2=C(C(=O)C[C@H](c3ccccc3)C2)[C@H]1c1ccccc1F. The summed E-state index contributed by atoms with van der Waals surface area (Å²) in [5.41, 5.74) is 3.43. The maximum Gasteiger partial charge on any atom is 0.336 e. The molecule has 2 aliphatic rings. The van der Waals surface area contributed by atoms with E-state index in [1.54, 1.807) is 25.1 Å². The molecular formula is C27H28FNO4. The van der Waals surface area contributed by atoms with Crippen molar-refractivity contribution in [3.05, 3.63) is 94.1 Å². The van der Waals surface area contributed by atoms with Gasteiger partial charge in [-0.15, -0.1) is 0 Å². The Morgan fingerprint density at radius 2 is 1.79 bits per heavy atom. The number of dihydropyridines is 1. The maximum atomic E-state index is 15.0. The van der Waals surface area contributed by atoms with Crippen molar-refractivity contribution in [1.29, 1.82) is 0 Å². The number of rotatable bonds is 7. The summed E-state index contributed by atoms with van der Waals surface area (Å²) in [6.45, 7) is 4.51. The Morgan fingerprint density at radius 3 is 2.52 bits per heavy atom. The molecule has 0 aromatic heterocycles. The van der Waals surface area contributed by atoms with Crippen LogP contribution in [0, 0.1) is 5.82 Å². The van der Waals surface area contributed by atoms with Crippen LogP contribution >= 0.6 is 0 Å². The highest BCUT2D eigenvalue weighted by Crippen LogP contribution is 2.46. The van der Waals surface area contributed by atoms with Gasteiger partial charge in [-0.3, -0.25) is 4.79 Å². The number of Topliss-reactive ketones (excluding diaryl/α,β-unsaturated/α-hetero) is 1. The van der Waals surface area contributed by atoms with Crippen molar-refractivity contribution in [2.45, 2.75) is 38.5 Å². The van der Waals surface area contributed by atoms with Crippen LogP contribution in [0.2, 0.25) is 0 Å². The molecule has 33 heavy (non-hydrogen) atoms. The largest absolute Gasteiger partial charge is 0.460 e. The van der Waals surface area contributed by atoms with Crippen LogP contribution in [0.1, 0.15) is 49.7 Å². The summed E-state index contributed by atoms with van der Waals surface area (Å²) < 4.78 is 25.7. The fraction of sp³-hybridized carbons (Fsp3) is 0.333. The van der Waals surface area contributed by atoms with Gasteiger partial charge in [-0.1, -0.05) is 48.5 Å². The van der Waals surface area contributed by atoms with E-state index in [1.807, 2.05) is 37.3 Å². The zero-order valence-electron chi connectivity index (χ0n) is 18.9. The zero-order valence-corrected chi connectivity index (χ0v) is 18.9. The van der Waals surface area contributed by atoms with Gasteiger partial charge in [-0.05, 0) is 37.8 Å². The third-order valence-corrected chi connectivity index (χ3v) is 6.20. The molecular weight excluding hydrogens is 421 g/mol. The van der Waals surface area contributed by atoms with E-state index in [1.165, 1.54) is 6.07 Å². The van der Waals surface area contributed by atoms with E-state index in [0.717, 1.165) is 11.3 Å². The summed E-state index contributed by atoms with van der Waals surface area (Å²) in [5, 5.41) is 3.28. The van der Waals surface area contributed by atoms with E-state index in [-0.39, 0.29) is 30.5 Å². The lowest BCUT2D eigenvalue weighted by molar-refractivity contribution is -0.140. The van der Waals surface area contributed by atoms with Gasteiger partial charge in [0.25, 0.3) is 0 Å². The van der Waals surface area contributed by atoms with Crippen molar-refractivity contribution >= 4 is 11.8 Å². The molecule has 0 spiro atoms. The summed E-state index contributed by atoms with van der Waals surface area (Å²) in [5.74, 6) is -1.90. The van der Waals surface area contributed by atoms with E-state index < -0.39 is 17.7 Å². The van der Waals surface area contributed by atoms with Crippen molar-refractivity contribution in [1.82, 2.24) is 5.32 Å². The van der Waals surface area contributed by atoms with Crippen LogP contribution in [-0.2, 0) is 19.1 Å². The summed E-state index contributed by atoms with van der Waals surface area (Å²) in [6, 6.07) is 16.2. The predicted octanol–water partition coefficient (Wildman–Crippen LogP) is 4.77. The number of halogens is 1. The van der Waals surface area contributed by atoms with Crippen LogP contribution < -0.4 is 5.32 Å². The number of ether oxygens (including phenoxy) is 2. The number of carbonyl (C=O) groups excluding carboxylic acids is 2. The fourth-order valence-electron chi connectivity index (χ4n) is 4.71. The molecule has 2 aromatic carbocycles. The molecule has 0 saturated heterocycles. The van der Waals surface area contributed by atoms with Crippen molar-refractivity contribution < 1.29 is 23.5 Å². The second-order valence-corrected chi connectivity index (χ2v) is 8.28. The van der Waals surface area contributed by atoms with Gasteiger partial charge in [0.05, 0.1) is 18.1 Å². The molecule has 4 rings (SSSR count). The van der Waals surface area contributed by atoms with Crippen molar-refractivity contribution in [2.24, 2.45) is 0 Å². The first kappa shape index (κ1) is 22.9. The first-order valence-electron chi connectivity index (χ1n) is 11.3. The maximum absolute atomic E-state index is 15.0. The second-order valence-electron chi connectivity index (χ2n) is 8.28. The van der Waals surface area contributed by atoms with Crippen molar-refractivity contribution in [3.63, 3.8) is 0 Å². The van der Waals surface area contributed by atoms with Crippen LogP contribution in [-0.4, -0.2) is 31.6 Å². The zero-order chi connectivity index (χ0) is 23.4.